The molecule has 0 bridgehead atoms. The van der Waals surface area contributed by atoms with Gasteiger partial charge in [0, 0.05) is 24.2 Å². The van der Waals surface area contributed by atoms with Gasteiger partial charge in [-0.1, -0.05) is 43.0 Å². The summed E-state index contributed by atoms with van der Waals surface area (Å²) >= 11 is 1.70. The Balaban J connectivity index is 2.06. The summed E-state index contributed by atoms with van der Waals surface area (Å²) in [5.41, 5.74) is 3.77. The molecule has 1 atom stereocenters. The Kier molecular flexibility index (Phi) is 5.56. The predicted octanol–water partition coefficient (Wildman–Crippen LogP) is 3.54. The van der Waals surface area contributed by atoms with E-state index in [-0.39, 0.29) is 0 Å². The van der Waals surface area contributed by atoms with Gasteiger partial charge in [-0.15, -0.1) is 0 Å². The van der Waals surface area contributed by atoms with Gasteiger partial charge in [-0.25, -0.2) is 9.97 Å². The summed E-state index contributed by atoms with van der Waals surface area (Å²) in [5, 5.41) is 4.38. The van der Waals surface area contributed by atoms with E-state index in [1.165, 1.54) is 11.1 Å². The lowest BCUT2D eigenvalue weighted by Crippen LogP contribution is -2.23. The van der Waals surface area contributed by atoms with Crippen LogP contribution in [0, 0.1) is 13.8 Å². The highest BCUT2D eigenvalue weighted by Crippen LogP contribution is 2.24. The van der Waals surface area contributed by atoms with E-state index in [9.17, 15) is 0 Å². The maximum Gasteiger partial charge on any atom is 0.187 e. The third-order valence-corrected chi connectivity index (χ3v) is 4.12. The number of hydrogen-bond donors (Lipinski definition) is 1. The largest absolute Gasteiger partial charge is 0.309 e. The molecule has 0 aliphatic rings. The lowest BCUT2D eigenvalue weighted by Gasteiger charge is -2.19. The molecule has 4 heteroatoms. The van der Waals surface area contributed by atoms with Crippen LogP contribution in [0.5, 0.6) is 0 Å². The average Bonchev–Trinajstić information content (AvgIpc) is 2.46. The number of aryl methyl sites for hydroxylation is 2. The van der Waals surface area contributed by atoms with Gasteiger partial charge in [-0.2, -0.15) is 0 Å². The predicted molar refractivity (Wildman–Crippen MR) is 85.1 cm³/mol. The second-order valence-corrected chi connectivity index (χ2v) is 5.81. The van der Waals surface area contributed by atoms with E-state index in [4.69, 9.17) is 0 Å². The van der Waals surface area contributed by atoms with Gasteiger partial charge in [0.1, 0.15) is 0 Å². The molecule has 106 valence electrons. The molecule has 0 saturated heterocycles. The highest BCUT2D eigenvalue weighted by Gasteiger charge is 2.13. The van der Waals surface area contributed by atoms with E-state index in [1.807, 2.05) is 19.3 Å². The molecule has 0 saturated carbocycles. The maximum absolute atomic E-state index is 4.35. The van der Waals surface area contributed by atoms with Crippen LogP contribution in [0.3, 0.4) is 0 Å². The third-order valence-electron chi connectivity index (χ3n) is 3.15. The van der Waals surface area contributed by atoms with Gasteiger partial charge in [0.2, 0.25) is 0 Å². The Bertz CT molecular complexity index is 540. The van der Waals surface area contributed by atoms with Crippen LogP contribution in [-0.2, 0) is 0 Å². The molecule has 20 heavy (non-hydrogen) atoms. The van der Waals surface area contributed by atoms with Gasteiger partial charge in [-0.05, 0) is 37.1 Å². The molecule has 0 radical (unpaired) electrons. The molecule has 3 nitrogen and oxygen atoms in total. The number of thioether (sulfide) groups is 1. The molecule has 0 amide bonds. The molecule has 1 unspecified atom stereocenters. The molecule has 1 aromatic carbocycles. The van der Waals surface area contributed by atoms with Gasteiger partial charge in [0.05, 0.1) is 0 Å². The zero-order valence-corrected chi connectivity index (χ0v) is 13.1. The van der Waals surface area contributed by atoms with E-state index in [0.29, 0.717) is 6.04 Å². The van der Waals surface area contributed by atoms with E-state index >= 15 is 0 Å². The highest BCUT2D eigenvalue weighted by atomic mass is 32.2. The van der Waals surface area contributed by atoms with Crippen molar-refractivity contribution in [2.75, 3.05) is 12.3 Å². The first-order valence-electron chi connectivity index (χ1n) is 6.91. The summed E-state index contributed by atoms with van der Waals surface area (Å²) in [6.45, 7) is 7.25. The Labute approximate surface area is 125 Å². The second kappa shape index (κ2) is 7.41. The van der Waals surface area contributed by atoms with Gasteiger partial charge < -0.3 is 5.32 Å². The van der Waals surface area contributed by atoms with Gasteiger partial charge >= 0.3 is 0 Å². The number of hydrogen-bond acceptors (Lipinski definition) is 4. The fourth-order valence-corrected chi connectivity index (χ4v) is 2.96. The molecule has 2 aromatic rings. The number of benzene rings is 1. The Morgan fingerprint density at radius 3 is 2.50 bits per heavy atom. The molecular weight excluding hydrogens is 266 g/mol. The number of nitrogens with one attached hydrogen (secondary N) is 1. The van der Waals surface area contributed by atoms with Crippen LogP contribution in [-0.4, -0.2) is 22.3 Å². The SMILES string of the molecule is CCNC(CSc1ncc(C)cn1)c1ccccc1C. The van der Waals surface area contributed by atoms with E-state index in [1.54, 1.807) is 11.8 Å². The molecular formula is C16H21N3S. The summed E-state index contributed by atoms with van der Waals surface area (Å²) in [7, 11) is 0. The van der Waals surface area contributed by atoms with Crippen molar-refractivity contribution in [1.82, 2.24) is 15.3 Å². The van der Waals surface area contributed by atoms with Crippen molar-refractivity contribution in [2.24, 2.45) is 0 Å². The monoisotopic (exact) mass is 287 g/mol. The Morgan fingerprint density at radius 2 is 1.85 bits per heavy atom. The van der Waals surface area contributed by atoms with E-state index in [2.05, 4.69) is 53.4 Å². The minimum Gasteiger partial charge on any atom is -0.309 e. The van der Waals surface area contributed by atoms with E-state index in [0.717, 1.165) is 23.0 Å². The second-order valence-electron chi connectivity index (χ2n) is 4.82. The lowest BCUT2D eigenvalue weighted by atomic mass is 10.0. The van der Waals surface area contributed by atoms with Gasteiger partial charge in [-0.3, -0.25) is 0 Å². The van der Waals surface area contributed by atoms with Crippen molar-refractivity contribution in [2.45, 2.75) is 32.0 Å². The van der Waals surface area contributed by atoms with Crippen LogP contribution < -0.4 is 5.32 Å². The standard InChI is InChI=1S/C16H21N3S/c1-4-17-15(14-8-6-5-7-13(14)3)11-20-16-18-9-12(2)10-19-16/h5-10,15,17H,4,11H2,1-3H3. The molecule has 0 spiro atoms. The summed E-state index contributed by atoms with van der Waals surface area (Å²) in [6, 6.07) is 8.86. The number of rotatable bonds is 6. The summed E-state index contributed by atoms with van der Waals surface area (Å²) in [4.78, 5) is 8.70. The molecule has 0 aliphatic heterocycles. The van der Waals surface area contributed by atoms with Crippen molar-refractivity contribution in [1.29, 1.82) is 0 Å². The summed E-state index contributed by atoms with van der Waals surface area (Å²) in [6.07, 6.45) is 3.73. The zero-order chi connectivity index (χ0) is 14.4. The van der Waals surface area contributed by atoms with Crippen molar-refractivity contribution in [3.05, 3.63) is 53.3 Å². The van der Waals surface area contributed by atoms with Crippen molar-refractivity contribution in [3.8, 4) is 0 Å². The number of aromatic nitrogens is 2. The van der Waals surface area contributed by atoms with Gasteiger partial charge in [0.25, 0.3) is 0 Å². The molecule has 1 aromatic heterocycles. The summed E-state index contributed by atoms with van der Waals surface area (Å²) in [5.74, 6) is 0.932. The first kappa shape index (κ1) is 15.0. The Morgan fingerprint density at radius 1 is 1.15 bits per heavy atom. The fourth-order valence-electron chi connectivity index (χ4n) is 2.10. The van der Waals surface area contributed by atoms with Crippen LogP contribution >= 0.6 is 11.8 Å². The first-order valence-corrected chi connectivity index (χ1v) is 7.89. The maximum atomic E-state index is 4.35. The average molecular weight is 287 g/mol. The van der Waals surface area contributed by atoms with Crippen LogP contribution in [0.15, 0.2) is 41.8 Å². The minimum absolute atomic E-state index is 0.330. The van der Waals surface area contributed by atoms with Gasteiger partial charge in [0.15, 0.2) is 5.16 Å². The van der Waals surface area contributed by atoms with Crippen LogP contribution in [0.25, 0.3) is 0 Å². The van der Waals surface area contributed by atoms with Crippen molar-refractivity contribution < 1.29 is 0 Å². The van der Waals surface area contributed by atoms with Crippen molar-refractivity contribution >= 4 is 11.8 Å². The minimum atomic E-state index is 0.330. The quantitative estimate of drug-likeness (QED) is 0.651. The molecule has 2 rings (SSSR count). The van der Waals surface area contributed by atoms with E-state index < -0.39 is 0 Å². The molecule has 0 fully saturated rings. The molecule has 0 aliphatic carbocycles. The van der Waals surface area contributed by atoms with Crippen LogP contribution in [0.4, 0.5) is 0 Å². The first-order chi connectivity index (χ1) is 9.70. The number of nitrogens with zero attached hydrogens (tertiary/aromatic N) is 2. The molecule has 1 N–H and O–H groups in total. The fraction of sp³-hybridized carbons (Fsp3) is 0.375. The third kappa shape index (κ3) is 4.05. The normalized spacial score (nSPS) is 12.3. The highest BCUT2D eigenvalue weighted by molar-refractivity contribution is 7.99. The topological polar surface area (TPSA) is 37.8 Å². The van der Waals surface area contributed by atoms with Crippen LogP contribution in [0.1, 0.15) is 29.7 Å². The zero-order valence-electron chi connectivity index (χ0n) is 12.3. The smallest absolute Gasteiger partial charge is 0.187 e. The molecule has 1 heterocycles. The summed E-state index contributed by atoms with van der Waals surface area (Å²) < 4.78 is 0. The Hall–Kier alpha value is -1.39. The lowest BCUT2D eigenvalue weighted by molar-refractivity contribution is 0.602. The van der Waals surface area contributed by atoms with Crippen molar-refractivity contribution in [3.63, 3.8) is 0 Å². The van der Waals surface area contributed by atoms with Crippen LogP contribution in [0.2, 0.25) is 0 Å².